The molecule has 1 aliphatic rings. The summed E-state index contributed by atoms with van der Waals surface area (Å²) < 4.78 is 5.37. The lowest BCUT2D eigenvalue weighted by molar-refractivity contribution is -0.126. The van der Waals surface area contributed by atoms with Gasteiger partial charge in [0.25, 0.3) is 5.91 Å². The molecule has 0 saturated heterocycles. The molecular formula is C18H19NO3S. The van der Waals surface area contributed by atoms with Crippen molar-refractivity contribution >= 4 is 28.9 Å². The van der Waals surface area contributed by atoms with Crippen LogP contribution in [0.1, 0.15) is 34.0 Å². The molecule has 1 amide bonds. The average Bonchev–Trinajstić information content (AvgIpc) is 3.09. The highest BCUT2D eigenvalue weighted by Crippen LogP contribution is 2.32. The molecule has 23 heavy (non-hydrogen) atoms. The van der Waals surface area contributed by atoms with Gasteiger partial charge >= 0.3 is 5.97 Å². The number of amides is 1. The number of hydrogen-bond donors (Lipinski definition) is 0. The number of carbonyl (C=O) groups is 2. The van der Waals surface area contributed by atoms with Crippen LogP contribution in [-0.4, -0.2) is 24.0 Å². The van der Waals surface area contributed by atoms with Gasteiger partial charge < -0.3 is 9.64 Å². The molecule has 2 atom stereocenters. The summed E-state index contributed by atoms with van der Waals surface area (Å²) in [4.78, 5) is 28.2. The summed E-state index contributed by atoms with van der Waals surface area (Å²) >= 11 is 1.37. The third kappa shape index (κ3) is 3.01. The predicted octanol–water partition coefficient (Wildman–Crippen LogP) is 3.58. The number of thiophene rings is 1. The Kier molecular flexibility index (Phi) is 4.22. The van der Waals surface area contributed by atoms with E-state index in [0.29, 0.717) is 4.88 Å². The molecule has 4 nitrogen and oxygen atoms in total. The fourth-order valence-corrected chi connectivity index (χ4v) is 3.66. The summed E-state index contributed by atoms with van der Waals surface area (Å²) in [6.07, 6.45) is 0.0192. The second-order valence-corrected chi connectivity index (χ2v) is 7.14. The summed E-state index contributed by atoms with van der Waals surface area (Å²) in [6, 6.07) is 11.5. The van der Waals surface area contributed by atoms with Gasteiger partial charge in [0.05, 0.1) is 0 Å². The molecule has 0 radical (unpaired) electrons. The zero-order valence-corrected chi connectivity index (χ0v) is 14.2. The van der Waals surface area contributed by atoms with Gasteiger partial charge in [0.2, 0.25) is 0 Å². The SMILES string of the molecule is Cc1ccc(C(=O)O[C@@H](C)C(=O)N2c3ccccc3C[C@H]2C)s1. The first-order valence-corrected chi connectivity index (χ1v) is 8.47. The average molecular weight is 329 g/mol. The topological polar surface area (TPSA) is 46.6 Å². The molecule has 2 aromatic rings. The minimum Gasteiger partial charge on any atom is -0.448 e. The smallest absolute Gasteiger partial charge is 0.349 e. The van der Waals surface area contributed by atoms with E-state index in [1.807, 2.05) is 44.2 Å². The van der Waals surface area contributed by atoms with Crippen molar-refractivity contribution in [2.45, 2.75) is 39.3 Å². The Morgan fingerprint density at radius 1 is 1.26 bits per heavy atom. The maximum Gasteiger partial charge on any atom is 0.349 e. The number of rotatable bonds is 3. The minimum absolute atomic E-state index is 0.0741. The van der Waals surface area contributed by atoms with Crippen LogP contribution < -0.4 is 4.90 Å². The maximum absolute atomic E-state index is 12.7. The predicted molar refractivity (Wildman–Crippen MR) is 91.0 cm³/mol. The van der Waals surface area contributed by atoms with E-state index in [1.54, 1.807) is 17.9 Å². The number of anilines is 1. The molecule has 120 valence electrons. The monoisotopic (exact) mass is 329 g/mol. The summed E-state index contributed by atoms with van der Waals surface area (Å²) in [5.74, 6) is -0.617. The summed E-state index contributed by atoms with van der Waals surface area (Å²) in [5, 5.41) is 0. The summed E-state index contributed by atoms with van der Waals surface area (Å²) in [5.41, 5.74) is 2.07. The van der Waals surface area contributed by atoms with Crippen LogP contribution in [0.25, 0.3) is 0 Å². The third-order valence-corrected chi connectivity index (χ3v) is 5.00. The van der Waals surface area contributed by atoms with Crippen LogP contribution in [0.15, 0.2) is 36.4 Å². The Morgan fingerprint density at radius 2 is 2.00 bits per heavy atom. The maximum atomic E-state index is 12.7. The van der Waals surface area contributed by atoms with Crippen LogP contribution in [0, 0.1) is 6.92 Å². The van der Waals surface area contributed by atoms with Crippen molar-refractivity contribution in [3.8, 4) is 0 Å². The number of hydrogen-bond acceptors (Lipinski definition) is 4. The van der Waals surface area contributed by atoms with Crippen molar-refractivity contribution in [3.63, 3.8) is 0 Å². The number of ether oxygens (including phenoxy) is 1. The number of para-hydroxylation sites is 1. The van der Waals surface area contributed by atoms with Crippen molar-refractivity contribution in [1.82, 2.24) is 0 Å². The minimum atomic E-state index is -0.807. The molecule has 1 aromatic heterocycles. The Labute approximate surface area is 139 Å². The molecular weight excluding hydrogens is 310 g/mol. The van der Waals surface area contributed by atoms with Crippen LogP contribution in [0.4, 0.5) is 5.69 Å². The molecule has 5 heteroatoms. The molecule has 2 heterocycles. The first kappa shape index (κ1) is 15.7. The van der Waals surface area contributed by atoms with E-state index in [9.17, 15) is 9.59 Å². The molecule has 0 bridgehead atoms. The fraction of sp³-hybridized carbons (Fsp3) is 0.333. The van der Waals surface area contributed by atoms with Gasteiger partial charge in [-0.2, -0.15) is 0 Å². The number of carbonyl (C=O) groups excluding carboxylic acids is 2. The summed E-state index contributed by atoms with van der Waals surface area (Å²) in [6.45, 7) is 5.57. The van der Waals surface area contributed by atoms with Gasteiger partial charge in [0.15, 0.2) is 6.10 Å². The molecule has 1 aromatic carbocycles. The number of esters is 1. The second kappa shape index (κ2) is 6.16. The van der Waals surface area contributed by atoms with Gasteiger partial charge in [-0.05, 0) is 51.0 Å². The molecule has 1 aliphatic heterocycles. The van der Waals surface area contributed by atoms with Gasteiger partial charge in [-0.25, -0.2) is 4.79 Å². The molecule has 0 fully saturated rings. The van der Waals surface area contributed by atoms with E-state index in [1.165, 1.54) is 11.3 Å². The van der Waals surface area contributed by atoms with Crippen molar-refractivity contribution in [2.24, 2.45) is 0 Å². The van der Waals surface area contributed by atoms with Gasteiger partial charge in [-0.3, -0.25) is 4.79 Å². The van der Waals surface area contributed by atoms with E-state index in [2.05, 4.69) is 0 Å². The molecule has 3 rings (SSSR count). The largest absolute Gasteiger partial charge is 0.448 e. The lowest BCUT2D eigenvalue weighted by atomic mass is 10.1. The van der Waals surface area contributed by atoms with Crippen LogP contribution in [0.2, 0.25) is 0 Å². The van der Waals surface area contributed by atoms with Crippen LogP contribution in [0.3, 0.4) is 0 Å². The second-order valence-electron chi connectivity index (χ2n) is 5.85. The lowest BCUT2D eigenvalue weighted by Crippen LogP contribution is -2.43. The number of fused-ring (bicyclic) bond motifs is 1. The van der Waals surface area contributed by atoms with Gasteiger partial charge in [0.1, 0.15) is 4.88 Å². The quantitative estimate of drug-likeness (QED) is 0.809. The van der Waals surface area contributed by atoms with Crippen molar-refractivity contribution in [1.29, 1.82) is 0 Å². The van der Waals surface area contributed by atoms with Crippen molar-refractivity contribution in [3.05, 3.63) is 51.7 Å². The molecule has 0 aliphatic carbocycles. The third-order valence-electron chi connectivity index (χ3n) is 4.02. The van der Waals surface area contributed by atoms with Gasteiger partial charge in [0, 0.05) is 16.6 Å². The number of aryl methyl sites for hydroxylation is 1. The Balaban J connectivity index is 1.74. The highest BCUT2D eigenvalue weighted by atomic mass is 32.1. The van der Waals surface area contributed by atoms with E-state index in [0.717, 1.165) is 22.5 Å². The highest BCUT2D eigenvalue weighted by molar-refractivity contribution is 7.13. The van der Waals surface area contributed by atoms with Crippen LogP contribution in [0.5, 0.6) is 0 Å². The fourth-order valence-electron chi connectivity index (χ4n) is 2.91. The van der Waals surface area contributed by atoms with E-state index >= 15 is 0 Å². The van der Waals surface area contributed by atoms with Crippen molar-refractivity contribution in [2.75, 3.05) is 4.90 Å². The van der Waals surface area contributed by atoms with Crippen LogP contribution >= 0.6 is 11.3 Å². The Bertz CT molecular complexity index is 752. The standard InChI is InChI=1S/C18H19NO3S/c1-11-10-14-6-4-5-7-15(14)19(11)17(20)13(3)22-18(21)16-9-8-12(2)23-16/h4-9,11,13H,10H2,1-3H3/t11-,13+/m1/s1. The van der Waals surface area contributed by atoms with E-state index in [4.69, 9.17) is 4.74 Å². The molecule has 0 N–H and O–H groups in total. The normalized spacial score (nSPS) is 17.7. The van der Waals surface area contributed by atoms with Gasteiger partial charge in [-0.15, -0.1) is 11.3 Å². The first-order valence-electron chi connectivity index (χ1n) is 7.65. The van der Waals surface area contributed by atoms with E-state index < -0.39 is 12.1 Å². The summed E-state index contributed by atoms with van der Waals surface area (Å²) in [7, 11) is 0. The van der Waals surface area contributed by atoms with Crippen LogP contribution in [-0.2, 0) is 16.0 Å². The highest BCUT2D eigenvalue weighted by Gasteiger charge is 2.34. The molecule has 0 unspecified atom stereocenters. The zero-order chi connectivity index (χ0) is 16.6. The van der Waals surface area contributed by atoms with Gasteiger partial charge in [-0.1, -0.05) is 18.2 Å². The van der Waals surface area contributed by atoms with Crippen molar-refractivity contribution < 1.29 is 14.3 Å². The molecule has 0 saturated carbocycles. The lowest BCUT2D eigenvalue weighted by Gasteiger charge is -2.25. The Morgan fingerprint density at radius 3 is 2.70 bits per heavy atom. The number of benzene rings is 1. The Hall–Kier alpha value is -2.14. The molecule has 0 spiro atoms. The first-order chi connectivity index (χ1) is 11.0. The zero-order valence-electron chi connectivity index (χ0n) is 13.4. The number of nitrogens with zero attached hydrogens (tertiary/aromatic N) is 1. The van der Waals surface area contributed by atoms with E-state index in [-0.39, 0.29) is 11.9 Å².